The molecule has 1 aromatic heterocycles. The Morgan fingerprint density at radius 1 is 1.17 bits per heavy atom. The van der Waals surface area contributed by atoms with E-state index in [-0.39, 0.29) is 18.9 Å². The van der Waals surface area contributed by atoms with Crippen LogP contribution in [0.4, 0.5) is 4.79 Å². The van der Waals surface area contributed by atoms with E-state index in [1.165, 1.54) is 11.3 Å². The zero-order valence-corrected chi connectivity index (χ0v) is 18.3. The highest BCUT2D eigenvalue weighted by atomic mass is 32.2. The maximum Gasteiger partial charge on any atom is 0.325 e. The molecule has 2 N–H and O–H groups in total. The first-order chi connectivity index (χ1) is 14.2. The van der Waals surface area contributed by atoms with Gasteiger partial charge in [-0.2, -0.15) is 0 Å². The van der Waals surface area contributed by atoms with Crippen molar-refractivity contribution in [2.45, 2.75) is 25.3 Å². The molecule has 1 aliphatic rings. The van der Waals surface area contributed by atoms with Crippen LogP contribution >= 0.6 is 11.3 Å². The zero-order chi connectivity index (χ0) is 21.9. The van der Waals surface area contributed by atoms with Gasteiger partial charge in [0.25, 0.3) is 5.91 Å². The first kappa shape index (κ1) is 22.1. The summed E-state index contributed by atoms with van der Waals surface area (Å²) in [5, 5.41) is 2.76. The van der Waals surface area contributed by atoms with Crippen LogP contribution in [0.3, 0.4) is 0 Å². The Bertz CT molecular complexity index is 1070. The van der Waals surface area contributed by atoms with Crippen molar-refractivity contribution in [3.05, 3.63) is 57.8 Å². The van der Waals surface area contributed by atoms with Crippen LogP contribution in [0, 0.1) is 0 Å². The van der Waals surface area contributed by atoms with Gasteiger partial charge in [-0.15, -0.1) is 11.3 Å². The summed E-state index contributed by atoms with van der Waals surface area (Å²) in [6.07, 6.45) is 1.89. The van der Waals surface area contributed by atoms with E-state index >= 15 is 0 Å². The monoisotopic (exact) mass is 449 g/mol. The lowest BCUT2D eigenvalue weighted by Gasteiger charge is -2.25. The second kappa shape index (κ2) is 8.66. The van der Waals surface area contributed by atoms with Crippen molar-refractivity contribution >= 4 is 39.1 Å². The van der Waals surface area contributed by atoms with Gasteiger partial charge in [-0.05, 0) is 30.5 Å². The van der Waals surface area contributed by atoms with Gasteiger partial charge in [-0.3, -0.25) is 14.5 Å². The molecule has 0 saturated carbocycles. The smallest absolute Gasteiger partial charge is 0.319 e. The van der Waals surface area contributed by atoms with E-state index in [2.05, 4.69) is 10.0 Å². The van der Waals surface area contributed by atoms with Crippen LogP contribution < -0.4 is 10.0 Å². The molecular formula is C20H23N3O5S2. The molecule has 1 unspecified atom stereocenters. The van der Waals surface area contributed by atoms with E-state index < -0.39 is 27.5 Å². The van der Waals surface area contributed by atoms with Crippen LogP contribution in [-0.2, 0) is 26.8 Å². The number of Topliss-reactive ketones (excluding diaryl/α,β-unsaturated/α-hetero) is 1. The maximum atomic E-state index is 13.1. The van der Waals surface area contributed by atoms with E-state index in [1.54, 1.807) is 36.4 Å². The van der Waals surface area contributed by atoms with Crippen LogP contribution in [-0.4, -0.2) is 50.4 Å². The molecule has 3 amide bonds. The SMILES string of the molecule is CCC1(c2ccccc2)NC(=O)N(CC(=O)c2ccc(CCNS(C)(=O)=O)s2)C1=O. The largest absolute Gasteiger partial charge is 0.325 e. The van der Waals surface area contributed by atoms with Crippen molar-refractivity contribution in [2.24, 2.45) is 0 Å². The van der Waals surface area contributed by atoms with Gasteiger partial charge >= 0.3 is 6.03 Å². The molecule has 30 heavy (non-hydrogen) atoms. The molecule has 8 nitrogen and oxygen atoms in total. The fourth-order valence-electron chi connectivity index (χ4n) is 3.38. The van der Waals surface area contributed by atoms with E-state index in [9.17, 15) is 22.8 Å². The summed E-state index contributed by atoms with van der Waals surface area (Å²) < 4.78 is 24.7. The Morgan fingerprint density at radius 3 is 2.50 bits per heavy atom. The van der Waals surface area contributed by atoms with Gasteiger partial charge in [0.2, 0.25) is 10.0 Å². The van der Waals surface area contributed by atoms with E-state index in [4.69, 9.17) is 0 Å². The fraction of sp³-hybridized carbons (Fsp3) is 0.350. The van der Waals surface area contributed by atoms with Gasteiger partial charge < -0.3 is 5.32 Å². The number of imide groups is 1. The molecule has 1 aliphatic heterocycles. The van der Waals surface area contributed by atoms with Crippen molar-refractivity contribution in [2.75, 3.05) is 19.3 Å². The summed E-state index contributed by atoms with van der Waals surface area (Å²) in [5.74, 6) is -0.783. The number of amides is 3. The number of nitrogens with one attached hydrogen (secondary N) is 2. The number of carbonyl (C=O) groups excluding carboxylic acids is 3. The molecule has 0 bridgehead atoms. The van der Waals surface area contributed by atoms with E-state index in [0.29, 0.717) is 23.3 Å². The van der Waals surface area contributed by atoms with Crippen LogP contribution in [0.1, 0.15) is 33.5 Å². The molecule has 3 rings (SSSR count). The predicted octanol–water partition coefficient (Wildman–Crippen LogP) is 1.88. The Kier molecular flexibility index (Phi) is 6.39. The lowest BCUT2D eigenvalue weighted by Crippen LogP contribution is -2.43. The molecule has 2 heterocycles. The Morgan fingerprint density at radius 2 is 1.87 bits per heavy atom. The van der Waals surface area contributed by atoms with E-state index in [1.807, 2.05) is 13.0 Å². The third-order valence-corrected chi connectivity index (χ3v) is 6.86. The second-order valence-electron chi connectivity index (χ2n) is 7.05. The Labute approximate surface area is 179 Å². The van der Waals surface area contributed by atoms with Crippen molar-refractivity contribution in [3.63, 3.8) is 0 Å². The predicted molar refractivity (Wildman–Crippen MR) is 114 cm³/mol. The quantitative estimate of drug-likeness (QED) is 0.448. The van der Waals surface area contributed by atoms with Crippen molar-refractivity contribution in [1.82, 2.24) is 14.9 Å². The minimum absolute atomic E-state index is 0.232. The molecule has 1 aromatic carbocycles. The third-order valence-electron chi connectivity index (χ3n) is 4.95. The molecule has 160 valence electrons. The van der Waals surface area contributed by atoms with Gasteiger partial charge in [0.05, 0.1) is 17.7 Å². The normalized spacial score (nSPS) is 19.2. The second-order valence-corrected chi connectivity index (χ2v) is 10.1. The van der Waals surface area contributed by atoms with Crippen LogP contribution in [0.5, 0.6) is 0 Å². The number of benzene rings is 1. The Balaban J connectivity index is 1.70. The highest BCUT2D eigenvalue weighted by Crippen LogP contribution is 2.32. The summed E-state index contributed by atoms with van der Waals surface area (Å²) in [4.78, 5) is 40.5. The van der Waals surface area contributed by atoms with Crippen LogP contribution in [0.2, 0.25) is 0 Å². The van der Waals surface area contributed by atoms with Gasteiger partial charge in [0.1, 0.15) is 5.54 Å². The number of rotatable bonds is 9. The highest BCUT2D eigenvalue weighted by Gasteiger charge is 2.51. The first-order valence-corrected chi connectivity index (χ1v) is 12.1. The number of sulfonamides is 1. The van der Waals surface area contributed by atoms with Crippen molar-refractivity contribution < 1.29 is 22.8 Å². The average Bonchev–Trinajstić information content (AvgIpc) is 3.26. The molecule has 1 fully saturated rings. The molecule has 1 saturated heterocycles. The van der Waals surface area contributed by atoms with E-state index in [0.717, 1.165) is 16.0 Å². The minimum Gasteiger partial charge on any atom is -0.319 e. The molecular weight excluding hydrogens is 426 g/mol. The van der Waals surface area contributed by atoms with Gasteiger partial charge in [0, 0.05) is 11.4 Å². The molecule has 0 spiro atoms. The third kappa shape index (κ3) is 4.61. The maximum absolute atomic E-state index is 13.1. The summed E-state index contributed by atoms with van der Waals surface area (Å²) in [6, 6.07) is 11.8. The molecule has 0 radical (unpaired) electrons. The standard InChI is InChI=1S/C20H23N3O5S2/c1-3-20(14-7-5-4-6-8-14)18(25)23(19(26)22-20)13-16(24)17-10-9-15(29-17)11-12-21-30(2,27)28/h4-10,21H,3,11-13H2,1-2H3,(H,22,26). The number of ketones is 1. The lowest BCUT2D eigenvalue weighted by molar-refractivity contribution is -0.131. The topological polar surface area (TPSA) is 113 Å². The average molecular weight is 450 g/mol. The van der Waals surface area contributed by atoms with Crippen molar-refractivity contribution in [1.29, 1.82) is 0 Å². The van der Waals surface area contributed by atoms with Crippen LogP contribution in [0.25, 0.3) is 0 Å². The lowest BCUT2D eigenvalue weighted by atomic mass is 9.87. The van der Waals surface area contributed by atoms with Gasteiger partial charge in [0.15, 0.2) is 5.78 Å². The Hall–Kier alpha value is -2.56. The molecule has 1 atom stereocenters. The number of nitrogens with zero attached hydrogens (tertiary/aromatic N) is 1. The van der Waals surface area contributed by atoms with Gasteiger partial charge in [-0.25, -0.2) is 17.9 Å². The summed E-state index contributed by atoms with van der Waals surface area (Å²) in [5.41, 5.74) is -0.492. The molecule has 2 aromatic rings. The summed E-state index contributed by atoms with van der Waals surface area (Å²) >= 11 is 1.23. The number of thiophene rings is 1. The molecule has 10 heteroatoms. The number of carbonyl (C=O) groups is 3. The number of hydrogen-bond donors (Lipinski definition) is 2. The minimum atomic E-state index is -3.27. The van der Waals surface area contributed by atoms with Crippen molar-refractivity contribution in [3.8, 4) is 0 Å². The number of urea groups is 1. The summed E-state index contributed by atoms with van der Waals surface area (Å²) in [6.45, 7) is 1.70. The fourth-order valence-corrected chi connectivity index (χ4v) is 4.79. The zero-order valence-electron chi connectivity index (χ0n) is 16.7. The highest BCUT2D eigenvalue weighted by molar-refractivity contribution is 7.88. The summed E-state index contributed by atoms with van der Waals surface area (Å²) in [7, 11) is -3.27. The first-order valence-electron chi connectivity index (χ1n) is 9.42. The molecule has 0 aliphatic carbocycles. The van der Waals surface area contributed by atoms with Crippen LogP contribution in [0.15, 0.2) is 42.5 Å². The van der Waals surface area contributed by atoms with Gasteiger partial charge in [-0.1, -0.05) is 37.3 Å². The number of hydrogen-bond acceptors (Lipinski definition) is 6.